The number of carbonyl (C=O) groups excluding carboxylic acids is 1. The maximum atomic E-state index is 13.2. The van der Waals surface area contributed by atoms with Crippen molar-refractivity contribution in [3.05, 3.63) is 35.4 Å². The lowest BCUT2D eigenvalue weighted by Gasteiger charge is -2.33. The number of halogens is 1. The van der Waals surface area contributed by atoms with Crippen LogP contribution in [-0.2, 0) is 16.1 Å². The van der Waals surface area contributed by atoms with Gasteiger partial charge in [0.25, 0.3) is 0 Å². The van der Waals surface area contributed by atoms with Crippen LogP contribution in [0.5, 0.6) is 0 Å². The highest BCUT2D eigenvalue weighted by atomic mass is 19.1. The number of nitrogens with zero attached hydrogens (tertiary/aromatic N) is 1. The molecule has 2 aliphatic rings. The Balaban J connectivity index is 1.43. The maximum absolute atomic E-state index is 13.2. The lowest BCUT2D eigenvalue weighted by Crippen LogP contribution is -2.48. The molecular formula is C18H25FN2O2. The van der Waals surface area contributed by atoms with Crippen LogP contribution in [0.15, 0.2) is 24.3 Å². The molecule has 0 spiro atoms. The molecule has 2 fully saturated rings. The molecule has 23 heavy (non-hydrogen) atoms. The number of benzene rings is 1. The Morgan fingerprint density at radius 3 is 2.74 bits per heavy atom. The van der Waals surface area contributed by atoms with Crippen molar-refractivity contribution in [2.75, 3.05) is 19.6 Å². The highest BCUT2D eigenvalue weighted by Gasteiger charge is 2.33. The minimum absolute atomic E-state index is 0.0440. The second-order valence-electron chi connectivity index (χ2n) is 6.56. The summed E-state index contributed by atoms with van der Waals surface area (Å²) in [6.45, 7) is 4.41. The van der Waals surface area contributed by atoms with Gasteiger partial charge >= 0.3 is 0 Å². The van der Waals surface area contributed by atoms with Crippen LogP contribution < -0.4 is 5.32 Å². The van der Waals surface area contributed by atoms with Crippen LogP contribution in [0.3, 0.4) is 0 Å². The molecule has 4 nitrogen and oxygen atoms in total. The minimum Gasteiger partial charge on any atom is -0.373 e. The van der Waals surface area contributed by atoms with E-state index in [0.29, 0.717) is 32.7 Å². The zero-order valence-electron chi connectivity index (χ0n) is 13.6. The summed E-state index contributed by atoms with van der Waals surface area (Å²) in [5, 5.41) is 2.97. The summed E-state index contributed by atoms with van der Waals surface area (Å²) >= 11 is 0. The van der Waals surface area contributed by atoms with Gasteiger partial charge in [0.05, 0.1) is 18.8 Å². The third-order valence-electron chi connectivity index (χ3n) is 4.86. The summed E-state index contributed by atoms with van der Waals surface area (Å²) in [6.07, 6.45) is 1.32. The normalized spacial score (nSPS) is 25.7. The van der Waals surface area contributed by atoms with E-state index in [1.165, 1.54) is 11.1 Å². The Hall–Kier alpha value is -1.46. The molecule has 0 aliphatic carbocycles. The number of hydrogen-bond acceptors (Lipinski definition) is 3. The van der Waals surface area contributed by atoms with Crippen molar-refractivity contribution in [3.8, 4) is 0 Å². The first-order valence-corrected chi connectivity index (χ1v) is 8.46. The van der Waals surface area contributed by atoms with Crippen molar-refractivity contribution < 1.29 is 13.9 Å². The van der Waals surface area contributed by atoms with Crippen LogP contribution >= 0.6 is 0 Å². The molecule has 2 atom stereocenters. The van der Waals surface area contributed by atoms with E-state index in [2.05, 4.69) is 24.4 Å². The topological polar surface area (TPSA) is 41.6 Å². The second-order valence-corrected chi connectivity index (χ2v) is 6.56. The molecule has 0 bridgehead atoms. The molecule has 1 aromatic rings. The predicted octanol–water partition coefficient (Wildman–Crippen LogP) is 2.20. The molecule has 126 valence electrons. The first kappa shape index (κ1) is 16.4. The van der Waals surface area contributed by atoms with Gasteiger partial charge in [-0.15, -0.1) is 0 Å². The standard InChI is InChI=1S/C18H25FN2O2/c1-13-4-2-3-5-14(13)12-23-16-6-8-21(9-7-16)18(22)17-10-15(19)11-20-17/h2-5,15-17,20H,6-12H2,1H3/t15-,17+/m0/s1. The Morgan fingerprint density at radius 2 is 2.09 bits per heavy atom. The van der Waals surface area contributed by atoms with Crippen molar-refractivity contribution in [3.63, 3.8) is 0 Å². The molecule has 2 heterocycles. The average Bonchev–Trinajstić information content (AvgIpc) is 3.00. The SMILES string of the molecule is Cc1ccccc1COC1CCN(C(=O)[C@H]2C[C@H](F)CN2)CC1. The van der Waals surface area contributed by atoms with Gasteiger partial charge in [-0.2, -0.15) is 0 Å². The zero-order chi connectivity index (χ0) is 16.2. The van der Waals surface area contributed by atoms with Crippen LogP contribution in [0.1, 0.15) is 30.4 Å². The number of aryl methyl sites for hydroxylation is 1. The van der Waals surface area contributed by atoms with Gasteiger partial charge in [0, 0.05) is 26.1 Å². The summed E-state index contributed by atoms with van der Waals surface area (Å²) in [5.74, 6) is 0.0440. The Kier molecular flexibility index (Phi) is 5.28. The largest absolute Gasteiger partial charge is 0.373 e. The maximum Gasteiger partial charge on any atom is 0.239 e. The molecule has 1 aromatic carbocycles. The summed E-state index contributed by atoms with van der Waals surface area (Å²) in [7, 11) is 0. The number of ether oxygens (including phenoxy) is 1. The van der Waals surface area contributed by atoms with Gasteiger partial charge in [-0.1, -0.05) is 24.3 Å². The fourth-order valence-electron chi connectivity index (χ4n) is 3.32. The molecule has 0 unspecified atom stereocenters. The van der Waals surface area contributed by atoms with E-state index in [1.807, 2.05) is 17.0 Å². The number of piperidine rings is 1. The monoisotopic (exact) mass is 320 g/mol. The van der Waals surface area contributed by atoms with E-state index in [-0.39, 0.29) is 18.1 Å². The van der Waals surface area contributed by atoms with Crippen LogP contribution in [0, 0.1) is 6.92 Å². The molecule has 3 rings (SSSR count). The fourth-order valence-corrected chi connectivity index (χ4v) is 3.32. The molecule has 1 amide bonds. The first-order chi connectivity index (χ1) is 11.1. The highest BCUT2D eigenvalue weighted by Crippen LogP contribution is 2.19. The molecule has 2 saturated heterocycles. The Labute approximate surface area is 137 Å². The summed E-state index contributed by atoms with van der Waals surface area (Å²) in [5.41, 5.74) is 2.46. The number of carbonyl (C=O) groups is 1. The highest BCUT2D eigenvalue weighted by molar-refractivity contribution is 5.82. The molecule has 0 aromatic heterocycles. The van der Waals surface area contributed by atoms with Crippen molar-refractivity contribution in [2.45, 2.75) is 51.1 Å². The number of alkyl halides is 1. The van der Waals surface area contributed by atoms with E-state index in [1.54, 1.807) is 0 Å². The van der Waals surface area contributed by atoms with E-state index in [9.17, 15) is 9.18 Å². The molecule has 5 heteroatoms. The molecule has 0 saturated carbocycles. The third kappa shape index (κ3) is 4.09. The first-order valence-electron chi connectivity index (χ1n) is 8.46. The van der Waals surface area contributed by atoms with Gasteiger partial charge in [0.1, 0.15) is 6.17 Å². The zero-order valence-corrected chi connectivity index (χ0v) is 13.6. The quantitative estimate of drug-likeness (QED) is 0.925. The number of nitrogens with one attached hydrogen (secondary N) is 1. The van der Waals surface area contributed by atoms with Crippen molar-refractivity contribution >= 4 is 5.91 Å². The van der Waals surface area contributed by atoms with Crippen molar-refractivity contribution in [2.24, 2.45) is 0 Å². The number of rotatable bonds is 4. The van der Waals surface area contributed by atoms with Crippen molar-refractivity contribution in [1.29, 1.82) is 0 Å². The van der Waals surface area contributed by atoms with Gasteiger partial charge in [-0.3, -0.25) is 4.79 Å². The van der Waals surface area contributed by atoms with E-state index in [4.69, 9.17) is 4.74 Å². The van der Waals surface area contributed by atoms with E-state index >= 15 is 0 Å². The van der Waals surface area contributed by atoms with Gasteiger partial charge in [-0.05, 0) is 30.9 Å². The predicted molar refractivity (Wildman–Crippen MR) is 86.9 cm³/mol. The van der Waals surface area contributed by atoms with E-state index < -0.39 is 6.17 Å². The number of hydrogen-bond donors (Lipinski definition) is 1. The van der Waals surface area contributed by atoms with E-state index in [0.717, 1.165) is 12.8 Å². The van der Waals surface area contributed by atoms with Crippen LogP contribution in [0.2, 0.25) is 0 Å². The van der Waals surface area contributed by atoms with Gasteiger partial charge < -0.3 is 15.0 Å². The Morgan fingerprint density at radius 1 is 1.35 bits per heavy atom. The summed E-state index contributed by atoms with van der Waals surface area (Å²) < 4.78 is 19.2. The lowest BCUT2D eigenvalue weighted by atomic mass is 10.1. The number of likely N-dealkylation sites (tertiary alicyclic amines) is 1. The van der Waals surface area contributed by atoms with Gasteiger partial charge in [0.2, 0.25) is 5.91 Å². The van der Waals surface area contributed by atoms with Gasteiger partial charge in [0.15, 0.2) is 0 Å². The third-order valence-corrected chi connectivity index (χ3v) is 4.86. The minimum atomic E-state index is -0.890. The van der Waals surface area contributed by atoms with Crippen LogP contribution in [-0.4, -0.2) is 48.8 Å². The molecule has 1 N–H and O–H groups in total. The molecular weight excluding hydrogens is 295 g/mol. The number of amides is 1. The summed E-state index contributed by atoms with van der Waals surface area (Å²) in [4.78, 5) is 14.2. The second kappa shape index (κ2) is 7.41. The smallest absolute Gasteiger partial charge is 0.239 e. The van der Waals surface area contributed by atoms with Crippen LogP contribution in [0.4, 0.5) is 4.39 Å². The van der Waals surface area contributed by atoms with Crippen LogP contribution in [0.25, 0.3) is 0 Å². The lowest BCUT2D eigenvalue weighted by molar-refractivity contribution is -0.136. The molecule has 0 radical (unpaired) electrons. The molecule has 2 aliphatic heterocycles. The fraction of sp³-hybridized carbons (Fsp3) is 0.611. The summed E-state index contributed by atoms with van der Waals surface area (Å²) in [6, 6.07) is 7.90. The van der Waals surface area contributed by atoms with Crippen molar-refractivity contribution in [1.82, 2.24) is 10.2 Å². The van der Waals surface area contributed by atoms with Gasteiger partial charge in [-0.25, -0.2) is 4.39 Å². The average molecular weight is 320 g/mol. The Bertz CT molecular complexity index is 544.